The molecule has 0 atom stereocenters. The minimum absolute atomic E-state index is 0.0217. The van der Waals surface area contributed by atoms with E-state index in [1.165, 1.54) is 0 Å². The standard InChI is InChI=1S/C13H16N2O/c1-3-4-5-6-7-11-9-15-10-12(11)8-13(16)14-2/h1,5-7,10,15H,4,8-9H2,2H3,(H,14,16)/b6-5-,11-7+. The Morgan fingerprint density at radius 1 is 1.75 bits per heavy atom. The molecule has 2 N–H and O–H groups in total. The molecule has 0 aromatic rings. The van der Waals surface area contributed by atoms with Crippen LogP contribution in [-0.4, -0.2) is 19.5 Å². The molecule has 0 aliphatic carbocycles. The number of amides is 1. The lowest BCUT2D eigenvalue weighted by molar-refractivity contribution is -0.119. The van der Waals surface area contributed by atoms with Crippen molar-refractivity contribution in [3.63, 3.8) is 0 Å². The summed E-state index contributed by atoms with van der Waals surface area (Å²) in [6.07, 6.45) is 13.9. The van der Waals surface area contributed by atoms with Crippen LogP contribution in [0.5, 0.6) is 0 Å². The summed E-state index contributed by atoms with van der Waals surface area (Å²) in [4.78, 5) is 11.2. The molecular weight excluding hydrogens is 200 g/mol. The summed E-state index contributed by atoms with van der Waals surface area (Å²) < 4.78 is 0. The van der Waals surface area contributed by atoms with Crippen molar-refractivity contribution in [2.45, 2.75) is 12.8 Å². The van der Waals surface area contributed by atoms with Crippen LogP contribution < -0.4 is 10.6 Å². The van der Waals surface area contributed by atoms with Gasteiger partial charge in [-0.15, -0.1) is 12.3 Å². The van der Waals surface area contributed by atoms with Gasteiger partial charge in [-0.3, -0.25) is 4.79 Å². The van der Waals surface area contributed by atoms with E-state index in [4.69, 9.17) is 6.42 Å². The van der Waals surface area contributed by atoms with Crippen LogP contribution in [0, 0.1) is 12.3 Å². The Bertz CT molecular complexity index is 383. The van der Waals surface area contributed by atoms with Gasteiger partial charge in [-0.25, -0.2) is 0 Å². The Hall–Kier alpha value is -1.95. The molecule has 0 bridgehead atoms. The van der Waals surface area contributed by atoms with Crippen molar-refractivity contribution in [3.05, 3.63) is 35.6 Å². The van der Waals surface area contributed by atoms with Gasteiger partial charge in [-0.05, 0) is 11.1 Å². The van der Waals surface area contributed by atoms with Crippen LogP contribution >= 0.6 is 0 Å². The van der Waals surface area contributed by atoms with E-state index in [-0.39, 0.29) is 5.91 Å². The monoisotopic (exact) mass is 216 g/mol. The maximum atomic E-state index is 11.2. The molecule has 1 aliphatic heterocycles. The third kappa shape index (κ3) is 3.66. The van der Waals surface area contributed by atoms with Crippen molar-refractivity contribution in [1.82, 2.24) is 10.6 Å². The van der Waals surface area contributed by atoms with Crippen LogP contribution in [0.15, 0.2) is 35.6 Å². The molecule has 0 fully saturated rings. The first-order valence-corrected chi connectivity index (χ1v) is 5.20. The lowest BCUT2D eigenvalue weighted by atomic mass is 10.1. The van der Waals surface area contributed by atoms with Gasteiger partial charge in [0.2, 0.25) is 5.91 Å². The molecule has 0 saturated heterocycles. The Balaban J connectivity index is 2.58. The average molecular weight is 216 g/mol. The second-order valence-electron chi connectivity index (χ2n) is 3.43. The van der Waals surface area contributed by atoms with Crippen molar-refractivity contribution in [2.24, 2.45) is 0 Å². The van der Waals surface area contributed by atoms with Gasteiger partial charge in [0.25, 0.3) is 0 Å². The number of allylic oxidation sites excluding steroid dienone is 3. The van der Waals surface area contributed by atoms with Crippen LogP contribution in [0.3, 0.4) is 0 Å². The molecule has 0 aromatic heterocycles. The zero-order chi connectivity index (χ0) is 11.8. The predicted octanol–water partition coefficient (Wildman–Crippen LogP) is 1.12. The summed E-state index contributed by atoms with van der Waals surface area (Å²) in [5.74, 6) is 2.56. The zero-order valence-corrected chi connectivity index (χ0v) is 9.42. The number of carbonyl (C=O) groups is 1. The maximum absolute atomic E-state index is 11.2. The van der Waals surface area contributed by atoms with Crippen LogP contribution in [0.4, 0.5) is 0 Å². The highest BCUT2D eigenvalue weighted by atomic mass is 16.1. The van der Waals surface area contributed by atoms with E-state index in [0.717, 1.165) is 17.7 Å². The zero-order valence-electron chi connectivity index (χ0n) is 9.42. The molecule has 0 aromatic carbocycles. The van der Waals surface area contributed by atoms with Gasteiger partial charge in [0, 0.05) is 26.2 Å². The van der Waals surface area contributed by atoms with E-state index >= 15 is 0 Å². The first kappa shape index (κ1) is 12.1. The molecule has 0 unspecified atom stereocenters. The molecule has 3 nitrogen and oxygen atoms in total. The molecule has 84 valence electrons. The Kier molecular flexibility index (Phi) is 4.94. The van der Waals surface area contributed by atoms with Crippen LogP contribution in [-0.2, 0) is 4.79 Å². The van der Waals surface area contributed by atoms with Crippen LogP contribution in [0.1, 0.15) is 12.8 Å². The minimum Gasteiger partial charge on any atom is -0.387 e. The third-order valence-electron chi connectivity index (χ3n) is 2.28. The number of terminal acetylenes is 1. The average Bonchev–Trinajstić information content (AvgIpc) is 2.72. The normalized spacial score (nSPS) is 17.0. The molecule has 16 heavy (non-hydrogen) atoms. The minimum atomic E-state index is 0.0217. The molecule has 1 rings (SSSR count). The van der Waals surface area contributed by atoms with Crippen molar-refractivity contribution >= 4 is 5.91 Å². The molecule has 0 saturated carbocycles. The second kappa shape index (κ2) is 6.52. The van der Waals surface area contributed by atoms with Gasteiger partial charge in [0.15, 0.2) is 0 Å². The van der Waals surface area contributed by atoms with E-state index in [2.05, 4.69) is 16.6 Å². The van der Waals surface area contributed by atoms with Gasteiger partial charge in [0.05, 0.1) is 6.42 Å². The largest absolute Gasteiger partial charge is 0.387 e. The highest BCUT2D eigenvalue weighted by Crippen LogP contribution is 2.17. The SMILES string of the molecule is C#CC/C=C\C=C1/CNC=C1CC(=O)NC. The topological polar surface area (TPSA) is 41.1 Å². The first-order chi connectivity index (χ1) is 7.77. The molecule has 1 amide bonds. The smallest absolute Gasteiger partial charge is 0.224 e. The number of hydrogen-bond donors (Lipinski definition) is 2. The Morgan fingerprint density at radius 2 is 2.56 bits per heavy atom. The van der Waals surface area contributed by atoms with E-state index in [1.807, 2.05) is 24.4 Å². The van der Waals surface area contributed by atoms with Crippen LogP contribution in [0.2, 0.25) is 0 Å². The highest BCUT2D eigenvalue weighted by molar-refractivity contribution is 5.79. The lowest BCUT2D eigenvalue weighted by Gasteiger charge is -2.02. The van der Waals surface area contributed by atoms with E-state index in [1.54, 1.807) is 7.05 Å². The van der Waals surface area contributed by atoms with Crippen molar-refractivity contribution in [3.8, 4) is 12.3 Å². The molecule has 1 aliphatic rings. The molecular formula is C13H16N2O. The fourth-order valence-electron chi connectivity index (χ4n) is 1.40. The molecule has 0 radical (unpaired) electrons. The fourth-order valence-corrected chi connectivity index (χ4v) is 1.40. The van der Waals surface area contributed by atoms with E-state index in [0.29, 0.717) is 12.8 Å². The van der Waals surface area contributed by atoms with Crippen LogP contribution in [0.25, 0.3) is 0 Å². The maximum Gasteiger partial charge on any atom is 0.224 e. The summed E-state index contributed by atoms with van der Waals surface area (Å²) in [7, 11) is 1.64. The Morgan fingerprint density at radius 3 is 3.25 bits per heavy atom. The number of carbonyl (C=O) groups excluding carboxylic acids is 1. The highest BCUT2D eigenvalue weighted by Gasteiger charge is 2.13. The quantitative estimate of drug-likeness (QED) is 0.691. The predicted molar refractivity (Wildman–Crippen MR) is 65.4 cm³/mol. The van der Waals surface area contributed by atoms with Gasteiger partial charge in [0.1, 0.15) is 0 Å². The lowest BCUT2D eigenvalue weighted by Crippen LogP contribution is -2.18. The summed E-state index contributed by atoms with van der Waals surface area (Å²) >= 11 is 0. The molecule has 3 heteroatoms. The van der Waals surface area contributed by atoms with Gasteiger partial charge < -0.3 is 10.6 Å². The fraction of sp³-hybridized carbons (Fsp3) is 0.308. The van der Waals surface area contributed by atoms with Crippen molar-refractivity contribution in [1.29, 1.82) is 0 Å². The Labute approximate surface area is 96.3 Å². The number of rotatable bonds is 4. The molecule has 0 spiro atoms. The second-order valence-corrected chi connectivity index (χ2v) is 3.43. The van der Waals surface area contributed by atoms with E-state index in [9.17, 15) is 4.79 Å². The third-order valence-corrected chi connectivity index (χ3v) is 2.28. The first-order valence-electron chi connectivity index (χ1n) is 5.20. The summed E-state index contributed by atoms with van der Waals surface area (Å²) in [6.45, 7) is 0.771. The summed E-state index contributed by atoms with van der Waals surface area (Å²) in [5, 5.41) is 5.72. The summed E-state index contributed by atoms with van der Waals surface area (Å²) in [6, 6.07) is 0. The molecule has 1 heterocycles. The number of hydrogen-bond acceptors (Lipinski definition) is 2. The van der Waals surface area contributed by atoms with Crippen molar-refractivity contribution in [2.75, 3.05) is 13.6 Å². The van der Waals surface area contributed by atoms with Gasteiger partial charge in [-0.1, -0.05) is 18.2 Å². The van der Waals surface area contributed by atoms with Gasteiger partial charge in [-0.2, -0.15) is 0 Å². The van der Waals surface area contributed by atoms with Gasteiger partial charge >= 0.3 is 0 Å². The van der Waals surface area contributed by atoms with Crippen molar-refractivity contribution < 1.29 is 4.79 Å². The summed E-state index contributed by atoms with van der Waals surface area (Å²) in [5.41, 5.74) is 2.17. The number of nitrogens with one attached hydrogen (secondary N) is 2. The van der Waals surface area contributed by atoms with E-state index < -0.39 is 0 Å².